The van der Waals surface area contributed by atoms with Gasteiger partial charge in [0.05, 0.1) is 6.10 Å². The van der Waals surface area contributed by atoms with Crippen LogP contribution in [0.5, 0.6) is 5.75 Å². The summed E-state index contributed by atoms with van der Waals surface area (Å²) < 4.78 is 45.7. The van der Waals surface area contributed by atoms with Crippen LogP contribution in [-0.2, 0) is 0 Å². The second-order valence-corrected chi connectivity index (χ2v) is 5.47. The van der Waals surface area contributed by atoms with Crippen LogP contribution >= 0.6 is 12.4 Å². The Labute approximate surface area is 135 Å². The maximum Gasteiger partial charge on any atom is 0.408 e. The lowest BCUT2D eigenvalue weighted by atomic mass is 10.0. The maximum absolute atomic E-state index is 13.4. The number of ether oxygens (including phenoxy) is 1. The molecule has 22 heavy (non-hydrogen) atoms. The van der Waals surface area contributed by atoms with Gasteiger partial charge in [-0.3, -0.25) is 4.90 Å². The number of nitrogens with zero attached hydrogens (tertiary/aromatic N) is 1. The zero-order chi connectivity index (χ0) is 15.5. The van der Waals surface area contributed by atoms with E-state index < -0.39 is 12.2 Å². The molecule has 3 nitrogen and oxygen atoms in total. The second kappa shape index (κ2) is 8.04. The molecule has 1 atom stereocenters. The molecule has 1 aliphatic heterocycles. The van der Waals surface area contributed by atoms with E-state index in [1.165, 1.54) is 17.0 Å². The Bertz CT molecular complexity index is 445. The van der Waals surface area contributed by atoms with Crippen molar-refractivity contribution in [3.63, 3.8) is 0 Å². The number of halogens is 4. The summed E-state index contributed by atoms with van der Waals surface area (Å²) in [6, 6.07) is 4.69. The predicted molar refractivity (Wildman–Crippen MR) is 82.7 cm³/mol. The summed E-state index contributed by atoms with van der Waals surface area (Å²) >= 11 is 0. The number of benzene rings is 1. The van der Waals surface area contributed by atoms with Gasteiger partial charge in [0, 0.05) is 26.2 Å². The molecule has 1 aromatic rings. The van der Waals surface area contributed by atoms with Crippen LogP contribution in [0.4, 0.5) is 13.2 Å². The summed E-state index contributed by atoms with van der Waals surface area (Å²) in [6.07, 6.45) is -4.28. The topological polar surface area (TPSA) is 24.5 Å². The van der Waals surface area contributed by atoms with Gasteiger partial charge in [-0.05, 0) is 31.5 Å². The quantitative estimate of drug-likeness (QED) is 0.910. The van der Waals surface area contributed by atoms with Gasteiger partial charge in [0.15, 0.2) is 0 Å². The van der Waals surface area contributed by atoms with Gasteiger partial charge in [0.2, 0.25) is 0 Å². The van der Waals surface area contributed by atoms with Crippen molar-refractivity contribution < 1.29 is 17.9 Å². The highest BCUT2D eigenvalue weighted by atomic mass is 35.5. The number of rotatable bonds is 4. The van der Waals surface area contributed by atoms with E-state index in [2.05, 4.69) is 5.32 Å². The van der Waals surface area contributed by atoms with E-state index in [0.29, 0.717) is 31.9 Å². The average molecular weight is 339 g/mol. The lowest BCUT2D eigenvalue weighted by Crippen LogP contribution is -2.49. The van der Waals surface area contributed by atoms with E-state index in [0.717, 1.165) is 0 Å². The van der Waals surface area contributed by atoms with E-state index in [-0.39, 0.29) is 24.1 Å². The van der Waals surface area contributed by atoms with Crippen molar-refractivity contribution in [2.45, 2.75) is 32.2 Å². The zero-order valence-corrected chi connectivity index (χ0v) is 13.5. The first-order chi connectivity index (χ1) is 9.88. The monoisotopic (exact) mass is 338 g/mol. The standard InChI is InChI=1S/C15H21F3N2O.ClH/c1-11(2)21-13-5-3-12(4-6-13)14(15(16,17)18)20-9-7-19-8-10-20;/h3-6,11,14,19H,7-10H2,1-2H3;1H/t14-;/m1./s1. The first kappa shape index (κ1) is 19.1. The molecule has 0 spiro atoms. The van der Waals surface area contributed by atoms with Crippen molar-refractivity contribution in [2.24, 2.45) is 0 Å². The molecule has 7 heteroatoms. The van der Waals surface area contributed by atoms with Gasteiger partial charge >= 0.3 is 6.18 Å². The number of hydrogen-bond acceptors (Lipinski definition) is 3. The molecule has 0 unspecified atom stereocenters. The highest BCUT2D eigenvalue weighted by Crippen LogP contribution is 2.38. The Morgan fingerprint density at radius 3 is 2.09 bits per heavy atom. The number of nitrogens with one attached hydrogen (secondary N) is 1. The normalized spacial score (nSPS) is 17.9. The first-order valence-electron chi connectivity index (χ1n) is 7.16. The van der Waals surface area contributed by atoms with Gasteiger partial charge in [0.1, 0.15) is 11.8 Å². The molecule has 1 aliphatic rings. The fourth-order valence-electron chi connectivity index (χ4n) is 2.55. The Balaban J connectivity index is 0.00000242. The minimum atomic E-state index is -4.28. The van der Waals surface area contributed by atoms with Crippen molar-refractivity contribution in [3.05, 3.63) is 29.8 Å². The third-order valence-electron chi connectivity index (χ3n) is 3.39. The summed E-state index contributed by atoms with van der Waals surface area (Å²) in [5, 5.41) is 3.07. The van der Waals surface area contributed by atoms with Crippen LogP contribution in [0.2, 0.25) is 0 Å². The number of piperazine rings is 1. The van der Waals surface area contributed by atoms with Gasteiger partial charge in [-0.2, -0.15) is 13.2 Å². The summed E-state index contributed by atoms with van der Waals surface area (Å²) in [5.41, 5.74) is 0.264. The highest BCUT2D eigenvalue weighted by Gasteiger charge is 2.44. The third kappa shape index (κ3) is 5.04. The molecule has 1 aromatic carbocycles. The summed E-state index contributed by atoms with van der Waals surface area (Å²) in [5.74, 6) is 0.593. The van der Waals surface area contributed by atoms with Gasteiger partial charge in [-0.15, -0.1) is 12.4 Å². The van der Waals surface area contributed by atoms with E-state index in [1.54, 1.807) is 12.1 Å². The van der Waals surface area contributed by atoms with E-state index >= 15 is 0 Å². The Morgan fingerprint density at radius 1 is 1.09 bits per heavy atom. The van der Waals surface area contributed by atoms with E-state index in [4.69, 9.17) is 4.74 Å². The lowest BCUT2D eigenvalue weighted by molar-refractivity contribution is -0.187. The second-order valence-electron chi connectivity index (χ2n) is 5.47. The van der Waals surface area contributed by atoms with E-state index in [1.807, 2.05) is 13.8 Å². The van der Waals surface area contributed by atoms with Crippen LogP contribution in [0.1, 0.15) is 25.5 Å². The van der Waals surface area contributed by atoms with Gasteiger partial charge < -0.3 is 10.1 Å². The molecule has 0 aromatic heterocycles. The molecule has 126 valence electrons. The lowest BCUT2D eigenvalue weighted by Gasteiger charge is -2.36. The average Bonchev–Trinajstić information content (AvgIpc) is 2.40. The van der Waals surface area contributed by atoms with Crippen LogP contribution < -0.4 is 10.1 Å². The third-order valence-corrected chi connectivity index (χ3v) is 3.39. The van der Waals surface area contributed by atoms with Crippen LogP contribution in [-0.4, -0.2) is 43.4 Å². The van der Waals surface area contributed by atoms with Crippen molar-refractivity contribution in [1.29, 1.82) is 0 Å². The SMILES string of the molecule is CC(C)Oc1ccc([C@@H](N2CCNCC2)C(F)(F)F)cc1.Cl. The molecule has 1 heterocycles. The number of hydrogen-bond donors (Lipinski definition) is 1. The first-order valence-corrected chi connectivity index (χ1v) is 7.16. The molecule has 0 radical (unpaired) electrons. The fraction of sp³-hybridized carbons (Fsp3) is 0.600. The predicted octanol–water partition coefficient (Wildman–Crippen LogP) is 3.40. The molecule has 0 saturated carbocycles. The van der Waals surface area contributed by atoms with Crippen molar-refractivity contribution in [2.75, 3.05) is 26.2 Å². The Kier molecular flexibility index (Phi) is 6.97. The number of alkyl halides is 3. The van der Waals surface area contributed by atoms with E-state index in [9.17, 15) is 13.2 Å². The molecular weight excluding hydrogens is 317 g/mol. The molecule has 1 N–H and O–H groups in total. The Hall–Kier alpha value is -0.980. The summed E-state index contributed by atoms with van der Waals surface area (Å²) in [7, 11) is 0. The molecular formula is C15H22ClF3N2O. The molecule has 0 amide bonds. The largest absolute Gasteiger partial charge is 0.491 e. The smallest absolute Gasteiger partial charge is 0.408 e. The van der Waals surface area contributed by atoms with Crippen molar-refractivity contribution in [3.8, 4) is 5.75 Å². The Morgan fingerprint density at radius 2 is 1.64 bits per heavy atom. The van der Waals surface area contributed by atoms with Crippen molar-refractivity contribution in [1.82, 2.24) is 10.2 Å². The maximum atomic E-state index is 13.4. The van der Waals surface area contributed by atoms with Gasteiger partial charge in [0.25, 0.3) is 0 Å². The molecule has 1 saturated heterocycles. The molecule has 2 rings (SSSR count). The minimum absolute atomic E-state index is 0. The molecule has 0 bridgehead atoms. The van der Waals surface area contributed by atoms with Crippen LogP contribution in [0, 0.1) is 0 Å². The van der Waals surface area contributed by atoms with Crippen molar-refractivity contribution >= 4 is 12.4 Å². The van der Waals surface area contributed by atoms with Crippen LogP contribution in [0.25, 0.3) is 0 Å². The highest BCUT2D eigenvalue weighted by molar-refractivity contribution is 5.85. The molecule has 1 fully saturated rings. The molecule has 0 aliphatic carbocycles. The van der Waals surface area contributed by atoms with Gasteiger partial charge in [-0.25, -0.2) is 0 Å². The summed E-state index contributed by atoms with van der Waals surface area (Å²) in [6.45, 7) is 5.73. The van der Waals surface area contributed by atoms with Gasteiger partial charge in [-0.1, -0.05) is 12.1 Å². The fourth-order valence-corrected chi connectivity index (χ4v) is 2.55. The summed E-state index contributed by atoms with van der Waals surface area (Å²) in [4.78, 5) is 1.48. The van der Waals surface area contributed by atoms with Crippen LogP contribution in [0.3, 0.4) is 0 Å². The zero-order valence-electron chi connectivity index (χ0n) is 12.7. The van der Waals surface area contributed by atoms with Crippen LogP contribution in [0.15, 0.2) is 24.3 Å². The minimum Gasteiger partial charge on any atom is -0.491 e.